The first-order valence-corrected chi connectivity index (χ1v) is 11.1. The van der Waals surface area contributed by atoms with E-state index in [1.54, 1.807) is 12.0 Å². The lowest BCUT2D eigenvalue weighted by Crippen LogP contribution is -2.49. The molecule has 0 radical (unpaired) electrons. The van der Waals surface area contributed by atoms with Gasteiger partial charge in [0.1, 0.15) is 5.75 Å². The average molecular weight is 431 g/mol. The Bertz CT molecular complexity index is 1160. The van der Waals surface area contributed by atoms with Gasteiger partial charge in [0.15, 0.2) is 0 Å². The van der Waals surface area contributed by atoms with Crippen LogP contribution in [0.2, 0.25) is 0 Å². The summed E-state index contributed by atoms with van der Waals surface area (Å²) < 4.78 is 5.26. The third kappa shape index (κ3) is 3.01. The molecule has 0 aromatic heterocycles. The van der Waals surface area contributed by atoms with Crippen molar-refractivity contribution in [3.63, 3.8) is 0 Å². The van der Waals surface area contributed by atoms with Crippen molar-refractivity contribution in [2.45, 2.75) is 18.3 Å². The van der Waals surface area contributed by atoms with Crippen molar-refractivity contribution in [3.8, 4) is 5.75 Å². The molecule has 2 amide bonds. The molecule has 2 heterocycles. The van der Waals surface area contributed by atoms with E-state index in [9.17, 15) is 9.59 Å². The van der Waals surface area contributed by atoms with Crippen molar-refractivity contribution in [2.75, 3.05) is 22.7 Å². The Hall–Kier alpha value is -3.25. The number of hydrogen-bond donors (Lipinski definition) is 0. The highest BCUT2D eigenvalue weighted by Gasteiger charge is 2.60. The molecule has 3 aromatic rings. The first-order chi connectivity index (χ1) is 15.0. The minimum atomic E-state index is -1.09. The number of carbonyl (C=O) groups excluding carboxylic acids is 2. The van der Waals surface area contributed by atoms with Crippen LogP contribution in [0, 0.1) is 6.92 Å². The maximum absolute atomic E-state index is 14.0. The van der Waals surface area contributed by atoms with E-state index in [4.69, 9.17) is 4.74 Å². The molecule has 5 nitrogen and oxygen atoms in total. The fraction of sp³-hybridized carbons (Fsp3) is 0.200. The van der Waals surface area contributed by atoms with Gasteiger partial charge in [-0.05, 0) is 42.8 Å². The number of methoxy groups -OCH3 is 1. The maximum atomic E-state index is 14.0. The normalized spacial score (nSPS) is 19.9. The van der Waals surface area contributed by atoms with E-state index in [1.165, 1.54) is 17.3 Å². The van der Waals surface area contributed by atoms with Gasteiger partial charge in [-0.25, -0.2) is 0 Å². The van der Waals surface area contributed by atoms with Gasteiger partial charge < -0.3 is 9.64 Å². The molecule has 2 aliphatic heterocycles. The number of ether oxygens (including phenoxy) is 1. The van der Waals surface area contributed by atoms with E-state index in [1.807, 2.05) is 72.5 Å². The topological polar surface area (TPSA) is 49.9 Å². The number of amides is 2. The van der Waals surface area contributed by atoms with Gasteiger partial charge in [0.25, 0.3) is 5.91 Å². The molecule has 0 saturated carbocycles. The second kappa shape index (κ2) is 7.46. The first kappa shape index (κ1) is 19.7. The maximum Gasteiger partial charge on any atom is 0.269 e. The number of carbonyl (C=O) groups is 2. The van der Waals surface area contributed by atoms with Crippen LogP contribution in [0.25, 0.3) is 0 Å². The van der Waals surface area contributed by atoms with Crippen molar-refractivity contribution in [2.24, 2.45) is 0 Å². The lowest BCUT2D eigenvalue weighted by Gasteiger charge is -2.33. The predicted molar refractivity (Wildman–Crippen MR) is 123 cm³/mol. The Morgan fingerprint density at radius 2 is 1.68 bits per heavy atom. The molecule has 3 aromatic carbocycles. The molecule has 1 saturated heterocycles. The molecule has 5 rings (SSSR count). The summed E-state index contributed by atoms with van der Waals surface area (Å²) in [5, 5.41) is 0. The van der Waals surface area contributed by atoms with Gasteiger partial charge in [0, 0.05) is 11.3 Å². The largest absolute Gasteiger partial charge is 0.497 e. The fourth-order valence-electron chi connectivity index (χ4n) is 4.32. The first-order valence-electron chi connectivity index (χ1n) is 10.1. The third-order valence-corrected chi connectivity index (χ3v) is 7.24. The highest BCUT2D eigenvalue weighted by atomic mass is 32.2. The number of anilines is 2. The van der Waals surface area contributed by atoms with Crippen molar-refractivity contribution in [1.29, 1.82) is 0 Å². The monoisotopic (exact) mass is 430 g/mol. The molecule has 31 heavy (non-hydrogen) atoms. The lowest BCUT2D eigenvalue weighted by atomic mass is 10.0. The van der Waals surface area contributed by atoms with Gasteiger partial charge in [-0.2, -0.15) is 0 Å². The van der Waals surface area contributed by atoms with Crippen LogP contribution in [-0.4, -0.2) is 24.7 Å². The number of aryl methyl sites for hydroxylation is 1. The standard InChI is InChI=1S/C25H22N2O3S/c1-17-7-9-18(10-8-17)15-26-22-6-4-3-5-21(22)25(24(26)29)27(23(28)16-31-25)19-11-13-20(30-2)14-12-19/h3-14H,15-16H2,1-2H3. The highest BCUT2D eigenvalue weighted by molar-refractivity contribution is 8.02. The number of fused-ring (bicyclic) bond motifs is 2. The summed E-state index contributed by atoms with van der Waals surface area (Å²) in [5.74, 6) is 0.803. The zero-order chi connectivity index (χ0) is 21.6. The summed E-state index contributed by atoms with van der Waals surface area (Å²) in [5.41, 5.74) is 4.64. The Balaban J connectivity index is 1.61. The summed E-state index contributed by atoms with van der Waals surface area (Å²) in [4.78, 5) is 29.4. The molecular formula is C25H22N2O3S. The Kier molecular flexibility index (Phi) is 4.74. The predicted octanol–water partition coefficient (Wildman–Crippen LogP) is 4.48. The van der Waals surface area contributed by atoms with Crippen molar-refractivity contribution in [3.05, 3.63) is 89.5 Å². The number of benzene rings is 3. The molecule has 2 aliphatic rings. The number of hydrogen-bond acceptors (Lipinski definition) is 4. The summed E-state index contributed by atoms with van der Waals surface area (Å²) >= 11 is 1.39. The Morgan fingerprint density at radius 3 is 2.39 bits per heavy atom. The van der Waals surface area contributed by atoms with E-state index < -0.39 is 4.87 Å². The van der Waals surface area contributed by atoms with Crippen molar-refractivity contribution < 1.29 is 14.3 Å². The molecule has 6 heteroatoms. The molecule has 1 fully saturated rings. The fourth-order valence-corrected chi connectivity index (χ4v) is 5.68. The minimum absolute atomic E-state index is 0.0736. The minimum Gasteiger partial charge on any atom is -0.497 e. The van der Waals surface area contributed by atoms with E-state index in [2.05, 4.69) is 12.1 Å². The van der Waals surface area contributed by atoms with Crippen LogP contribution >= 0.6 is 11.8 Å². The van der Waals surface area contributed by atoms with E-state index in [0.29, 0.717) is 18.0 Å². The molecule has 1 atom stereocenters. The van der Waals surface area contributed by atoms with Crippen molar-refractivity contribution >= 4 is 35.0 Å². The zero-order valence-corrected chi connectivity index (χ0v) is 18.2. The second-order valence-electron chi connectivity index (χ2n) is 7.75. The van der Waals surface area contributed by atoms with Crippen LogP contribution < -0.4 is 14.5 Å². The summed E-state index contributed by atoms with van der Waals surface area (Å²) in [6.45, 7) is 2.51. The molecular weight excluding hydrogens is 408 g/mol. The van der Waals surface area contributed by atoms with Gasteiger partial charge >= 0.3 is 0 Å². The average Bonchev–Trinajstić information content (AvgIpc) is 3.26. The molecule has 1 spiro atoms. The van der Waals surface area contributed by atoms with Gasteiger partial charge in [0.05, 0.1) is 25.1 Å². The molecule has 0 aliphatic carbocycles. The molecule has 0 N–H and O–H groups in total. The lowest BCUT2D eigenvalue weighted by molar-refractivity contribution is -0.123. The van der Waals surface area contributed by atoms with Crippen LogP contribution in [0.4, 0.5) is 11.4 Å². The quantitative estimate of drug-likeness (QED) is 0.612. The number of rotatable bonds is 4. The summed E-state index contributed by atoms with van der Waals surface area (Å²) in [6.07, 6.45) is 0. The van der Waals surface area contributed by atoms with Crippen LogP contribution in [0.3, 0.4) is 0 Å². The van der Waals surface area contributed by atoms with Crippen LogP contribution in [0.1, 0.15) is 16.7 Å². The van der Waals surface area contributed by atoms with Crippen molar-refractivity contribution in [1.82, 2.24) is 0 Å². The zero-order valence-electron chi connectivity index (χ0n) is 17.4. The van der Waals surface area contributed by atoms with Crippen LogP contribution in [0.5, 0.6) is 5.75 Å². The smallest absolute Gasteiger partial charge is 0.269 e. The highest BCUT2D eigenvalue weighted by Crippen LogP contribution is 2.56. The SMILES string of the molecule is COc1ccc(N2C(=O)CSC23C(=O)N(Cc2ccc(C)cc2)c2ccccc23)cc1. The molecule has 156 valence electrons. The van der Waals surface area contributed by atoms with Gasteiger partial charge in [-0.1, -0.05) is 48.0 Å². The molecule has 1 unspecified atom stereocenters. The van der Waals surface area contributed by atoms with Gasteiger partial charge in [-0.15, -0.1) is 11.8 Å². The molecule has 0 bridgehead atoms. The van der Waals surface area contributed by atoms with E-state index in [0.717, 1.165) is 16.8 Å². The Labute approximate surface area is 185 Å². The number of para-hydroxylation sites is 1. The van der Waals surface area contributed by atoms with E-state index >= 15 is 0 Å². The van der Waals surface area contributed by atoms with Gasteiger partial charge in [0.2, 0.25) is 10.8 Å². The third-order valence-electron chi connectivity index (χ3n) is 5.86. The summed E-state index contributed by atoms with van der Waals surface area (Å²) in [7, 11) is 1.60. The van der Waals surface area contributed by atoms with Crippen LogP contribution in [-0.2, 0) is 21.0 Å². The Morgan fingerprint density at radius 1 is 0.968 bits per heavy atom. The second-order valence-corrected chi connectivity index (χ2v) is 8.92. The van der Waals surface area contributed by atoms with E-state index in [-0.39, 0.29) is 17.6 Å². The van der Waals surface area contributed by atoms with Crippen LogP contribution in [0.15, 0.2) is 72.8 Å². The summed E-state index contributed by atoms with van der Waals surface area (Å²) in [6, 6.07) is 23.3. The number of nitrogens with zero attached hydrogens (tertiary/aromatic N) is 2. The number of thioether (sulfide) groups is 1. The van der Waals surface area contributed by atoms with Gasteiger partial charge in [-0.3, -0.25) is 14.5 Å².